The molecule has 0 unspecified atom stereocenters. The number of nitrogens with zero attached hydrogens (tertiary/aromatic N) is 4. The quantitative estimate of drug-likeness (QED) is 0.745. The maximum atomic E-state index is 5.19. The van der Waals surface area contributed by atoms with E-state index >= 15 is 0 Å². The van der Waals surface area contributed by atoms with Gasteiger partial charge in [-0.15, -0.1) is 0 Å². The van der Waals surface area contributed by atoms with Crippen LogP contribution in [0.25, 0.3) is 11.3 Å². The molecule has 2 N–H and O–H groups in total. The molecule has 128 valence electrons. The Balaban J connectivity index is 1.49. The van der Waals surface area contributed by atoms with E-state index in [1.165, 1.54) is 12.8 Å². The fraction of sp³-hybridized carbons (Fsp3) is 0.278. The Morgan fingerprint density at radius 1 is 1.08 bits per heavy atom. The number of aromatic amines is 1. The van der Waals surface area contributed by atoms with Gasteiger partial charge >= 0.3 is 0 Å². The van der Waals surface area contributed by atoms with Crippen molar-refractivity contribution in [2.75, 3.05) is 30.4 Å². The summed E-state index contributed by atoms with van der Waals surface area (Å²) in [5.41, 5.74) is 1.97. The van der Waals surface area contributed by atoms with Crippen LogP contribution in [0.2, 0.25) is 0 Å². The van der Waals surface area contributed by atoms with Crippen molar-refractivity contribution in [3.63, 3.8) is 0 Å². The van der Waals surface area contributed by atoms with Crippen LogP contribution in [-0.4, -0.2) is 40.4 Å². The van der Waals surface area contributed by atoms with Crippen molar-refractivity contribution in [1.82, 2.24) is 20.2 Å². The largest absolute Gasteiger partial charge is 0.497 e. The summed E-state index contributed by atoms with van der Waals surface area (Å²) in [7, 11) is 1.66. The van der Waals surface area contributed by atoms with Gasteiger partial charge in [-0.25, -0.2) is 4.98 Å². The summed E-state index contributed by atoms with van der Waals surface area (Å²) in [6, 6.07) is 11.6. The molecule has 1 fully saturated rings. The molecule has 0 radical (unpaired) electrons. The summed E-state index contributed by atoms with van der Waals surface area (Å²) < 4.78 is 5.19. The van der Waals surface area contributed by atoms with Crippen molar-refractivity contribution in [1.29, 1.82) is 0 Å². The van der Waals surface area contributed by atoms with Crippen molar-refractivity contribution in [2.45, 2.75) is 12.8 Å². The van der Waals surface area contributed by atoms with Crippen LogP contribution in [0.15, 0.2) is 42.6 Å². The minimum Gasteiger partial charge on any atom is -0.497 e. The molecule has 25 heavy (non-hydrogen) atoms. The first-order valence-corrected chi connectivity index (χ1v) is 8.37. The molecule has 4 rings (SSSR count). The van der Waals surface area contributed by atoms with Crippen LogP contribution in [0, 0.1) is 0 Å². The van der Waals surface area contributed by atoms with Crippen LogP contribution in [0.4, 0.5) is 17.6 Å². The Labute approximate surface area is 146 Å². The highest BCUT2D eigenvalue weighted by Gasteiger charge is 2.15. The van der Waals surface area contributed by atoms with E-state index in [1.54, 1.807) is 13.3 Å². The van der Waals surface area contributed by atoms with E-state index in [0.717, 1.165) is 47.7 Å². The van der Waals surface area contributed by atoms with E-state index in [-0.39, 0.29) is 0 Å². The van der Waals surface area contributed by atoms with E-state index in [2.05, 4.69) is 30.4 Å². The molecule has 7 nitrogen and oxygen atoms in total. The molecule has 0 amide bonds. The fourth-order valence-electron chi connectivity index (χ4n) is 2.92. The Kier molecular flexibility index (Phi) is 4.20. The van der Waals surface area contributed by atoms with Crippen molar-refractivity contribution in [2.24, 2.45) is 0 Å². The number of rotatable bonds is 5. The summed E-state index contributed by atoms with van der Waals surface area (Å²) >= 11 is 0. The van der Waals surface area contributed by atoms with Crippen molar-refractivity contribution < 1.29 is 4.74 Å². The molecule has 0 saturated carbocycles. The average Bonchev–Trinajstić information content (AvgIpc) is 3.34. The number of anilines is 3. The highest BCUT2D eigenvalue weighted by atomic mass is 16.5. The van der Waals surface area contributed by atoms with Crippen LogP contribution < -0.4 is 15.0 Å². The maximum Gasteiger partial charge on any atom is 0.227 e. The maximum absolute atomic E-state index is 5.19. The number of hydrogen-bond acceptors (Lipinski definition) is 6. The van der Waals surface area contributed by atoms with Gasteiger partial charge in [-0.1, -0.05) is 0 Å². The normalized spacial score (nSPS) is 13.9. The third kappa shape index (κ3) is 3.40. The topological polar surface area (TPSA) is 79.0 Å². The van der Waals surface area contributed by atoms with Crippen molar-refractivity contribution in [3.8, 4) is 17.0 Å². The molecule has 1 aliphatic heterocycles. The zero-order chi connectivity index (χ0) is 17.1. The van der Waals surface area contributed by atoms with Crippen molar-refractivity contribution in [3.05, 3.63) is 42.6 Å². The lowest BCUT2D eigenvalue weighted by atomic mass is 10.1. The molecular formula is C18H20N6O. The van der Waals surface area contributed by atoms with E-state index < -0.39 is 0 Å². The van der Waals surface area contributed by atoms with Gasteiger partial charge in [-0.2, -0.15) is 10.1 Å². The first kappa shape index (κ1) is 15.4. The predicted molar refractivity (Wildman–Crippen MR) is 97.3 cm³/mol. The average molecular weight is 336 g/mol. The monoisotopic (exact) mass is 336 g/mol. The predicted octanol–water partition coefficient (Wildman–Crippen LogP) is 3.22. The molecule has 0 atom stereocenters. The van der Waals surface area contributed by atoms with E-state index in [0.29, 0.717) is 0 Å². The van der Waals surface area contributed by atoms with Gasteiger partial charge in [0.05, 0.1) is 12.8 Å². The third-order valence-corrected chi connectivity index (χ3v) is 4.27. The van der Waals surface area contributed by atoms with Gasteiger partial charge in [0.2, 0.25) is 5.95 Å². The number of H-pyrrole nitrogens is 1. The number of nitrogens with one attached hydrogen (secondary N) is 2. The second kappa shape index (κ2) is 6.80. The van der Waals surface area contributed by atoms with Gasteiger partial charge in [0.1, 0.15) is 11.6 Å². The molecule has 1 aromatic carbocycles. The molecule has 7 heteroatoms. The van der Waals surface area contributed by atoms with Crippen LogP contribution in [0.5, 0.6) is 5.75 Å². The summed E-state index contributed by atoms with van der Waals surface area (Å²) in [6.45, 7) is 2.04. The van der Waals surface area contributed by atoms with Gasteiger partial charge in [0.15, 0.2) is 5.82 Å². The standard InChI is InChI=1S/C18H20N6O/c1-25-14-6-4-13(5-7-14)15-12-17(23-22-15)20-16-8-9-19-18(21-16)24-10-2-3-11-24/h4-9,12H,2-3,10-11H2,1H3,(H2,19,20,21,22,23). The molecule has 0 bridgehead atoms. The van der Waals surface area contributed by atoms with Gasteiger partial charge in [-0.05, 0) is 48.7 Å². The minimum absolute atomic E-state index is 0.719. The Morgan fingerprint density at radius 2 is 1.88 bits per heavy atom. The van der Waals surface area contributed by atoms with Gasteiger partial charge in [0.25, 0.3) is 0 Å². The Bertz CT molecular complexity index is 839. The second-order valence-electron chi connectivity index (χ2n) is 5.96. The molecular weight excluding hydrogens is 316 g/mol. The van der Waals surface area contributed by atoms with Crippen LogP contribution in [-0.2, 0) is 0 Å². The van der Waals surface area contributed by atoms with Crippen LogP contribution in [0.1, 0.15) is 12.8 Å². The summed E-state index contributed by atoms with van der Waals surface area (Å²) in [5.74, 6) is 3.06. The molecule has 1 aliphatic rings. The van der Waals surface area contributed by atoms with Crippen LogP contribution in [0.3, 0.4) is 0 Å². The van der Waals surface area contributed by atoms with E-state index in [4.69, 9.17) is 4.74 Å². The highest BCUT2D eigenvalue weighted by Crippen LogP contribution is 2.24. The van der Waals surface area contributed by atoms with Gasteiger partial charge < -0.3 is 15.0 Å². The highest BCUT2D eigenvalue weighted by molar-refractivity contribution is 5.65. The zero-order valence-electron chi connectivity index (χ0n) is 14.1. The zero-order valence-corrected chi connectivity index (χ0v) is 14.1. The lowest BCUT2D eigenvalue weighted by Crippen LogP contribution is -2.20. The fourth-order valence-corrected chi connectivity index (χ4v) is 2.92. The Hall–Kier alpha value is -3.09. The molecule has 0 aliphatic carbocycles. The number of methoxy groups -OCH3 is 1. The lowest BCUT2D eigenvalue weighted by molar-refractivity contribution is 0.415. The van der Waals surface area contributed by atoms with Crippen molar-refractivity contribution >= 4 is 17.6 Å². The number of hydrogen-bond donors (Lipinski definition) is 2. The summed E-state index contributed by atoms with van der Waals surface area (Å²) in [4.78, 5) is 11.2. The minimum atomic E-state index is 0.719. The molecule has 1 saturated heterocycles. The van der Waals surface area contributed by atoms with Crippen LogP contribution >= 0.6 is 0 Å². The SMILES string of the molecule is COc1ccc(-c2cc(Nc3ccnc(N4CCCC4)n3)n[nH]2)cc1. The lowest BCUT2D eigenvalue weighted by Gasteiger charge is -2.15. The first-order valence-electron chi connectivity index (χ1n) is 8.37. The second-order valence-corrected chi connectivity index (χ2v) is 5.96. The van der Waals surface area contributed by atoms with Gasteiger partial charge in [-0.3, -0.25) is 5.10 Å². The smallest absolute Gasteiger partial charge is 0.227 e. The van der Waals surface area contributed by atoms with E-state index in [9.17, 15) is 0 Å². The van der Waals surface area contributed by atoms with E-state index in [1.807, 2.05) is 36.4 Å². The first-order chi connectivity index (χ1) is 12.3. The molecule has 3 heterocycles. The summed E-state index contributed by atoms with van der Waals surface area (Å²) in [5, 5.41) is 10.6. The molecule has 0 spiro atoms. The van der Waals surface area contributed by atoms with Gasteiger partial charge in [0, 0.05) is 25.4 Å². The Morgan fingerprint density at radius 3 is 2.64 bits per heavy atom. The number of ether oxygens (including phenoxy) is 1. The molecule has 2 aromatic heterocycles. The number of aromatic nitrogens is 4. The molecule has 3 aromatic rings. The summed E-state index contributed by atoms with van der Waals surface area (Å²) in [6.07, 6.45) is 4.18. The number of benzene rings is 1. The third-order valence-electron chi connectivity index (χ3n) is 4.27.